The second-order valence-electron chi connectivity index (χ2n) is 3.61. The van der Waals surface area contributed by atoms with Gasteiger partial charge in [-0.15, -0.1) is 0 Å². The highest BCUT2D eigenvalue weighted by Crippen LogP contribution is 2.17. The molecule has 0 aromatic carbocycles. The summed E-state index contributed by atoms with van der Waals surface area (Å²) in [6, 6.07) is 0. The van der Waals surface area contributed by atoms with Gasteiger partial charge in [-0.25, -0.2) is 0 Å². The monoisotopic (exact) mass is 278 g/mol. The number of thioether (sulfide) groups is 3. The molecule has 1 aliphatic rings. The molecular formula is C11H18O2S3. The quantitative estimate of drug-likeness (QED) is 0.680. The maximum Gasteiger partial charge on any atom is 0.188 e. The molecule has 1 saturated heterocycles. The van der Waals surface area contributed by atoms with E-state index in [0.29, 0.717) is 23.1 Å². The third-order valence-corrected chi connectivity index (χ3v) is 5.61. The average Bonchev–Trinajstić information content (AvgIpc) is 2.26. The zero-order valence-corrected chi connectivity index (χ0v) is 11.9. The number of hydrogen-bond acceptors (Lipinski definition) is 5. The first-order chi connectivity index (χ1) is 7.79. The topological polar surface area (TPSA) is 34.1 Å². The summed E-state index contributed by atoms with van der Waals surface area (Å²) in [7, 11) is 0. The van der Waals surface area contributed by atoms with Crippen molar-refractivity contribution in [2.45, 2.75) is 32.1 Å². The van der Waals surface area contributed by atoms with E-state index in [-0.39, 0.29) is 0 Å². The van der Waals surface area contributed by atoms with Gasteiger partial charge in [0.25, 0.3) is 0 Å². The molecule has 0 radical (unpaired) electrons. The van der Waals surface area contributed by atoms with Gasteiger partial charge >= 0.3 is 0 Å². The van der Waals surface area contributed by atoms with Gasteiger partial charge in [0.15, 0.2) is 10.2 Å². The highest BCUT2D eigenvalue weighted by Gasteiger charge is 2.06. The molecular weight excluding hydrogens is 260 g/mol. The largest absolute Gasteiger partial charge is 0.287 e. The summed E-state index contributed by atoms with van der Waals surface area (Å²) < 4.78 is 0. The summed E-state index contributed by atoms with van der Waals surface area (Å²) in [5, 5.41) is 0.636. The van der Waals surface area contributed by atoms with Crippen molar-refractivity contribution in [2.24, 2.45) is 0 Å². The second kappa shape index (κ2) is 9.42. The number of rotatable bonds is 0. The van der Waals surface area contributed by atoms with Gasteiger partial charge in [-0.05, 0) is 12.8 Å². The van der Waals surface area contributed by atoms with Gasteiger partial charge in [0, 0.05) is 35.9 Å². The van der Waals surface area contributed by atoms with Gasteiger partial charge in [0.05, 0.1) is 0 Å². The van der Waals surface area contributed by atoms with Crippen molar-refractivity contribution in [2.75, 3.05) is 23.0 Å². The summed E-state index contributed by atoms with van der Waals surface area (Å²) in [5.41, 5.74) is 0. The minimum absolute atomic E-state index is 0.318. The molecule has 0 unspecified atom stereocenters. The molecule has 1 aliphatic heterocycles. The summed E-state index contributed by atoms with van der Waals surface area (Å²) in [6.45, 7) is 0. The van der Waals surface area contributed by atoms with Gasteiger partial charge in [-0.2, -0.15) is 11.8 Å². The lowest BCUT2D eigenvalue weighted by Crippen LogP contribution is -2.00. The molecule has 0 N–H and O–H groups in total. The molecule has 2 nitrogen and oxygen atoms in total. The Labute approximate surface area is 110 Å². The lowest BCUT2D eigenvalue weighted by Gasteiger charge is -2.04. The molecule has 0 atom stereocenters. The van der Waals surface area contributed by atoms with E-state index in [2.05, 4.69) is 0 Å². The van der Waals surface area contributed by atoms with Crippen LogP contribution in [-0.2, 0) is 9.59 Å². The molecule has 0 saturated carbocycles. The normalized spacial score (nSPS) is 22.8. The van der Waals surface area contributed by atoms with Gasteiger partial charge in [0.2, 0.25) is 0 Å². The molecule has 0 aromatic rings. The van der Waals surface area contributed by atoms with Crippen molar-refractivity contribution in [3.8, 4) is 0 Å². The van der Waals surface area contributed by atoms with Crippen LogP contribution in [0.25, 0.3) is 0 Å². The Morgan fingerprint density at radius 2 is 1.19 bits per heavy atom. The second-order valence-corrected chi connectivity index (χ2v) is 7.14. The van der Waals surface area contributed by atoms with Crippen molar-refractivity contribution in [3.63, 3.8) is 0 Å². The van der Waals surface area contributed by atoms with Crippen LogP contribution in [0.2, 0.25) is 0 Å². The standard InChI is InChI=1S/C11H18O2S3/c12-10-4-2-1-3-5-11(13)16-9-7-14-6-8-15-10/h1-9H2. The summed E-state index contributed by atoms with van der Waals surface area (Å²) in [5.74, 6) is 3.88. The highest BCUT2D eigenvalue weighted by molar-refractivity contribution is 8.15. The van der Waals surface area contributed by atoms with Crippen molar-refractivity contribution in [3.05, 3.63) is 0 Å². The Morgan fingerprint density at radius 3 is 1.69 bits per heavy atom. The summed E-state index contributed by atoms with van der Waals surface area (Å²) in [6.07, 6.45) is 4.24. The summed E-state index contributed by atoms with van der Waals surface area (Å²) in [4.78, 5) is 22.8. The predicted molar refractivity (Wildman–Crippen MR) is 75.3 cm³/mol. The van der Waals surface area contributed by atoms with E-state index in [0.717, 1.165) is 42.3 Å². The van der Waals surface area contributed by atoms with Gasteiger partial charge < -0.3 is 0 Å². The number of carbonyl (C=O) groups excluding carboxylic acids is 2. The molecule has 0 aliphatic carbocycles. The third-order valence-electron chi connectivity index (χ3n) is 2.24. The van der Waals surface area contributed by atoms with E-state index >= 15 is 0 Å². The first-order valence-corrected chi connectivity index (χ1v) is 8.80. The van der Waals surface area contributed by atoms with Crippen LogP contribution in [0.5, 0.6) is 0 Å². The van der Waals surface area contributed by atoms with E-state index in [1.54, 1.807) is 0 Å². The van der Waals surface area contributed by atoms with Crippen LogP contribution in [0.4, 0.5) is 0 Å². The first-order valence-electron chi connectivity index (χ1n) is 5.68. The fraction of sp³-hybridized carbons (Fsp3) is 0.818. The zero-order valence-electron chi connectivity index (χ0n) is 9.41. The number of carbonyl (C=O) groups is 2. The molecule has 5 heteroatoms. The molecule has 0 amide bonds. The van der Waals surface area contributed by atoms with Crippen LogP contribution in [0.3, 0.4) is 0 Å². The van der Waals surface area contributed by atoms with E-state index < -0.39 is 0 Å². The van der Waals surface area contributed by atoms with Crippen molar-refractivity contribution in [1.29, 1.82) is 0 Å². The minimum atomic E-state index is 0.318. The molecule has 1 rings (SSSR count). The van der Waals surface area contributed by atoms with Crippen LogP contribution in [-0.4, -0.2) is 33.2 Å². The molecule has 1 heterocycles. The van der Waals surface area contributed by atoms with E-state index in [9.17, 15) is 9.59 Å². The lowest BCUT2D eigenvalue weighted by atomic mass is 10.2. The van der Waals surface area contributed by atoms with E-state index in [1.807, 2.05) is 11.8 Å². The fourth-order valence-electron chi connectivity index (χ4n) is 1.39. The van der Waals surface area contributed by atoms with Gasteiger partial charge in [-0.3, -0.25) is 9.59 Å². The lowest BCUT2D eigenvalue weighted by molar-refractivity contribution is -0.111. The average molecular weight is 278 g/mol. The molecule has 0 aromatic heterocycles. The number of hydrogen-bond donors (Lipinski definition) is 0. The van der Waals surface area contributed by atoms with Crippen LogP contribution in [0, 0.1) is 0 Å². The molecule has 0 bridgehead atoms. The van der Waals surface area contributed by atoms with Crippen molar-refractivity contribution in [1.82, 2.24) is 0 Å². The highest BCUT2D eigenvalue weighted by atomic mass is 32.2. The van der Waals surface area contributed by atoms with E-state index in [1.165, 1.54) is 23.5 Å². The fourth-order valence-corrected chi connectivity index (χ4v) is 4.24. The minimum Gasteiger partial charge on any atom is -0.287 e. The Hall–Kier alpha value is 0.390. The smallest absolute Gasteiger partial charge is 0.188 e. The molecule has 1 fully saturated rings. The Bertz CT molecular complexity index is 209. The maximum atomic E-state index is 11.4. The molecule has 0 spiro atoms. The maximum absolute atomic E-state index is 11.4. The third kappa shape index (κ3) is 7.63. The molecule has 92 valence electrons. The Balaban J connectivity index is 2.23. The first kappa shape index (κ1) is 14.5. The van der Waals surface area contributed by atoms with Crippen molar-refractivity contribution >= 4 is 45.5 Å². The Morgan fingerprint density at radius 1 is 0.688 bits per heavy atom. The molecule has 16 heavy (non-hydrogen) atoms. The predicted octanol–water partition coefficient (Wildman–Crippen LogP) is 3.20. The zero-order chi connectivity index (χ0) is 11.6. The Kier molecular flexibility index (Phi) is 8.51. The van der Waals surface area contributed by atoms with Gasteiger partial charge in [0.1, 0.15) is 0 Å². The van der Waals surface area contributed by atoms with Crippen molar-refractivity contribution < 1.29 is 9.59 Å². The van der Waals surface area contributed by atoms with Crippen LogP contribution in [0.15, 0.2) is 0 Å². The summed E-state index contributed by atoms with van der Waals surface area (Å²) >= 11 is 4.78. The van der Waals surface area contributed by atoms with E-state index in [4.69, 9.17) is 0 Å². The van der Waals surface area contributed by atoms with Crippen LogP contribution < -0.4 is 0 Å². The SMILES string of the molecule is O=C1CCCCCC(=O)SCCSCCS1. The van der Waals surface area contributed by atoms with Crippen LogP contribution >= 0.6 is 35.3 Å². The van der Waals surface area contributed by atoms with Crippen LogP contribution in [0.1, 0.15) is 32.1 Å². The van der Waals surface area contributed by atoms with Gasteiger partial charge in [-0.1, -0.05) is 29.9 Å².